The third-order valence-electron chi connectivity index (χ3n) is 4.99. The summed E-state index contributed by atoms with van der Waals surface area (Å²) in [6, 6.07) is 10.5. The molecule has 3 aromatic rings. The molecule has 29 heavy (non-hydrogen) atoms. The second kappa shape index (κ2) is 7.88. The molecule has 1 fully saturated rings. The molecule has 0 spiro atoms. The summed E-state index contributed by atoms with van der Waals surface area (Å²) in [5.74, 6) is -0.564. The highest BCUT2D eigenvalue weighted by Gasteiger charge is 2.32. The van der Waals surface area contributed by atoms with Gasteiger partial charge in [-0.3, -0.25) is 19.5 Å². The lowest BCUT2D eigenvalue weighted by Crippen LogP contribution is -2.28. The summed E-state index contributed by atoms with van der Waals surface area (Å²) in [7, 11) is 1.59. The number of benzene rings is 1. The number of amides is 2. The molecule has 9 heteroatoms. The van der Waals surface area contributed by atoms with Gasteiger partial charge in [-0.1, -0.05) is 18.2 Å². The fraction of sp³-hybridized carbons (Fsp3) is 0.300. The van der Waals surface area contributed by atoms with Crippen LogP contribution < -0.4 is 10.9 Å². The average molecular weight is 395 g/mol. The molecular formula is C20H21N5O4. The summed E-state index contributed by atoms with van der Waals surface area (Å²) < 4.78 is 6.26. The van der Waals surface area contributed by atoms with Crippen LogP contribution in [-0.2, 0) is 9.53 Å². The molecule has 0 radical (unpaired) electrons. The van der Waals surface area contributed by atoms with E-state index in [1.165, 1.54) is 16.8 Å². The lowest BCUT2D eigenvalue weighted by atomic mass is 10.0. The Morgan fingerprint density at radius 1 is 1.31 bits per heavy atom. The summed E-state index contributed by atoms with van der Waals surface area (Å²) in [5, 5.41) is 5.57. The van der Waals surface area contributed by atoms with Gasteiger partial charge in [0.1, 0.15) is 5.56 Å². The fourth-order valence-electron chi connectivity index (χ4n) is 3.48. The van der Waals surface area contributed by atoms with Gasteiger partial charge in [-0.05, 0) is 12.1 Å². The molecule has 3 heterocycles. The molecule has 1 aliphatic rings. The quantitative estimate of drug-likeness (QED) is 0.653. The van der Waals surface area contributed by atoms with Crippen LogP contribution in [0.1, 0.15) is 28.4 Å². The first kappa shape index (κ1) is 18.9. The van der Waals surface area contributed by atoms with Crippen LogP contribution in [-0.4, -0.2) is 58.1 Å². The van der Waals surface area contributed by atoms with E-state index >= 15 is 0 Å². The predicted molar refractivity (Wildman–Crippen MR) is 106 cm³/mol. The zero-order valence-electron chi connectivity index (χ0n) is 15.9. The van der Waals surface area contributed by atoms with E-state index in [-0.39, 0.29) is 40.9 Å². The normalized spacial score (nSPS) is 16.5. The highest BCUT2D eigenvalue weighted by Crippen LogP contribution is 2.26. The molecule has 2 amide bonds. The van der Waals surface area contributed by atoms with Crippen molar-refractivity contribution in [1.82, 2.24) is 19.5 Å². The highest BCUT2D eigenvalue weighted by atomic mass is 16.5. The van der Waals surface area contributed by atoms with E-state index in [1.807, 2.05) is 18.2 Å². The second-order valence-corrected chi connectivity index (χ2v) is 6.92. The minimum atomic E-state index is -0.372. The second-order valence-electron chi connectivity index (χ2n) is 6.92. The first-order valence-corrected chi connectivity index (χ1v) is 9.31. The van der Waals surface area contributed by atoms with Crippen LogP contribution in [0.5, 0.6) is 0 Å². The van der Waals surface area contributed by atoms with Crippen molar-refractivity contribution in [1.29, 1.82) is 0 Å². The number of methoxy groups -OCH3 is 1. The van der Waals surface area contributed by atoms with Crippen molar-refractivity contribution in [3.8, 4) is 0 Å². The van der Waals surface area contributed by atoms with Crippen molar-refractivity contribution in [2.24, 2.45) is 0 Å². The highest BCUT2D eigenvalue weighted by molar-refractivity contribution is 6.08. The zero-order valence-corrected chi connectivity index (χ0v) is 15.9. The summed E-state index contributed by atoms with van der Waals surface area (Å²) in [6.45, 7) is 1.43. The average Bonchev–Trinajstić information content (AvgIpc) is 3.31. The molecule has 0 saturated carbocycles. The van der Waals surface area contributed by atoms with E-state index in [9.17, 15) is 14.4 Å². The first-order valence-electron chi connectivity index (χ1n) is 9.31. The Balaban J connectivity index is 1.63. The third kappa shape index (κ3) is 3.77. The lowest BCUT2D eigenvalue weighted by Gasteiger charge is -2.15. The number of carbonyl (C=O) groups is 2. The standard InChI is InChI=1S/C20H21N5O4/c1-29-8-7-24-12-13(9-17(24)26)16-10-18(27)25-19(23-16)15(11-21-25)20(28)22-14-5-3-2-4-6-14/h2-6,10-11,13,21H,7-9,12H2,1H3,(H,22,28)/t13-/m0/s1. The number of aromatic nitrogens is 3. The summed E-state index contributed by atoms with van der Waals surface area (Å²) in [6.07, 6.45) is 1.73. The van der Waals surface area contributed by atoms with E-state index in [2.05, 4.69) is 15.4 Å². The number of likely N-dealkylation sites (tertiary alicyclic amines) is 1. The number of fused-ring (bicyclic) bond motifs is 1. The minimum Gasteiger partial charge on any atom is -0.383 e. The van der Waals surface area contributed by atoms with E-state index in [1.54, 1.807) is 24.1 Å². The Bertz CT molecular complexity index is 1110. The number of nitrogens with zero attached hydrogens (tertiary/aromatic N) is 3. The van der Waals surface area contributed by atoms with Gasteiger partial charge in [0.15, 0.2) is 5.65 Å². The summed E-state index contributed by atoms with van der Waals surface area (Å²) >= 11 is 0. The van der Waals surface area contributed by atoms with Crippen LogP contribution in [0.4, 0.5) is 5.69 Å². The van der Waals surface area contributed by atoms with Gasteiger partial charge in [0.25, 0.3) is 11.5 Å². The lowest BCUT2D eigenvalue weighted by molar-refractivity contribution is -0.128. The number of H-pyrrole nitrogens is 1. The number of hydrogen-bond acceptors (Lipinski definition) is 5. The molecule has 150 valence electrons. The molecular weight excluding hydrogens is 374 g/mol. The van der Waals surface area contributed by atoms with E-state index in [0.29, 0.717) is 31.1 Å². The number of nitrogens with one attached hydrogen (secondary N) is 2. The number of hydrogen-bond donors (Lipinski definition) is 2. The van der Waals surface area contributed by atoms with E-state index in [0.717, 1.165) is 0 Å². The van der Waals surface area contributed by atoms with Crippen molar-refractivity contribution in [3.63, 3.8) is 0 Å². The molecule has 4 rings (SSSR count). The fourth-order valence-corrected chi connectivity index (χ4v) is 3.48. The third-order valence-corrected chi connectivity index (χ3v) is 4.99. The van der Waals surface area contributed by atoms with Crippen LogP contribution in [0.3, 0.4) is 0 Å². The zero-order chi connectivity index (χ0) is 20.4. The van der Waals surface area contributed by atoms with Crippen molar-refractivity contribution < 1.29 is 14.3 Å². The number of aromatic amines is 1. The molecule has 2 N–H and O–H groups in total. The van der Waals surface area contributed by atoms with Crippen molar-refractivity contribution in [3.05, 3.63) is 64.2 Å². The molecule has 1 saturated heterocycles. The van der Waals surface area contributed by atoms with Gasteiger partial charge in [0.2, 0.25) is 5.91 Å². The molecule has 1 aliphatic heterocycles. The van der Waals surface area contributed by atoms with Gasteiger partial charge in [0.05, 0.1) is 12.3 Å². The molecule has 9 nitrogen and oxygen atoms in total. The van der Waals surface area contributed by atoms with Crippen LogP contribution in [0, 0.1) is 0 Å². The Kier molecular flexibility index (Phi) is 5.13. The van der Waals surface area contributed by atoms with Gasteiger partial charge in [0, 0.05) is 50.5 Å². The molecule has 0 bridgehead atoms. The molecule has 0 aliphatic carbocycles. The maximum absolute atomic E-state index is 12.7. The van der Waals surface area contributed by atoms with E-state index in [4.69, 9.17) is 4.74 Å². The minimum absolute atomic E-state index is 0.00478. The number of para-hydroxylation sites is 1. The molecule has 1 aromatic carbocycles. The van der Waals surface area contributed by atoms with Crippen LogP contribution >= 0.6 is 0 Å². The molecule has 2 aromatic heterocycles. The van der Waals surface area contributed by atoms with Crippen LogP contribution in [0.25, 0.3) is 5.65 Å². The van der Waals surface area contributed by atoms with Gasteiger partial charge in [-0.15, -0.1) is 0 Å². The van der Waals surface area contributed by atoms with Crippen molar-refractivity contribution >= 4 is 23.1 Å². The van der Waals surface area contributed by atoms with Crippen LogP contribution in [0.2, 0.25) is 0 Å². The summed E-state index contributed by atoms with van der Waals surface area (Å²) in [5.41, 5.74) is 1.32. The number of carbonyl (C=O) groups excluding carboxylic acids is 2. The smallest absolute Gasteiger partial charge is 0.272 e. The van der Waals surface area contributed by atoms with Gasteiger partial charge < -0.3 is 15.0 Å². The Labute approximate surface area is 166 Å². The first-order chi connectivity index (χ1) is 14.1. The largest absolute Gasteiger partial charge is 0.383 e. The van der Waals surface area contributed by atoms with Crippen molar-refractivity contribution in [2.45, 2.75) is 12.3 Å². The predicted octanol–water partition coefficient (Wildman–Crippen LogP) is 1.24. The van der Waals surface area contributed by atoms with Gasteiger partial charge in [-0.2, -0.15) is 0 Å². The maximum atomic E-state index is 12.7. The Hall–Kier alpha value is -3.46. The number of ether oxygens (including phenoxy) is 1. The Morgan fingerprint density at radius 3 is 2.86 bits per heavy atom. The van der Waals surface area contributed by atoms with Crippen molar-refractivity contribution in [2.75, 3.05) is 32.1 Å². The van der Waals surface area contributed by atoms with Crippen LogP contribution in [0.15, 0.2) is 47.4 Å². The topological polar surface area (TPSA) is 109 Å². The van der Waals surface area contributed by atoms with Gasteiger partial charge >= 0.3 is 0 Å². The number of rotatable bonds is 6. The molecule has 0 unspecified atom stereocenters. The van der Waals surface area contributed by atoms with Gasteiger partial charge in [-0.25, -0.2) is 9.50 Å². The SMILES string of the molecule is COCCN1C[C@@H](c2cc(=O)n3[nH]cc(C(=O)Nc4ccccc4)c3n2)CC1=O. The Morgan fingerprint density at radius 2 is 2.10 bits per heavy atom. The van der Waals surface area contributed by atoms with E-state index < -0.39 is 0 Å². The summed E-state index contributed by atoms with van der Waals surface area (Å²) in [4.78, 5) is 43.7. The molecule has 1 atom stereocenters. The number of anilines is 1. The monoisotopic (exact) mass is 395 g/mol. The maximum Gasteiger partial charge on any atom is 0.272 e.